The molecular weight excluding hydrogens is 275 g/mol. The van der Waals surface area contributed by atoms with Crippen molar-refractivity contribution in [1.82, 2.24) is 0 Å². The van der Waals surface area contributed by atoms with Crippen LogP contribution in [0.1, 0.15) is 12.5 Å². The molecule has 0 N–H and O–H groups in total. The molecule has 1 heterocycles. The molecule has 0 spiro atoms. The lowest BCUT2D eigenvalue weighted by molar-refractivity contribution is -0.151. The molecule has 19 heavy (non-hydrogen) atoms. The van der Waals surface area contributed by atoms with Crippen molar-refractivity contribution in [2.24, 2.45) is 0 Å². The Bertz CT molecular complexity index is 703. The average Bonchev–Trinajstić information content (AvgIpc) is 2.62. The van der Waals surface area contributed by atoms with Gasteiger partial charge in [0.25, 0.3) is 5.78 Å². The van der Waals surface area contributed by atoms with Gasteiger partial charge in [0.15, 0.2) is 0 Å². The fourth-order valence-electron chi connectivity index (χ4n) is 1.70. The van der Waals surface area contributed by atoms with Gasteiger partial charge in [-0.05, 0) is 25.1 Å². The first-order valence-electron chi connectivity index (χ1n) is 5.36. The lowest BCUT2D eigenvalue weighted by Crippen LogP contribution is -2.22. The number of esters is 1. The van der Waals surface area contributed by atoms with Crippen LogP contribution in [0.2, 0.25) is 0 Å². The van der Waals surface area contributed by atoms with Crippen LogP contribution in [0.3, 0.4) is 0 Å². The van der Waals surface area contributed by atoms with Gasteiger partial charge < -0.3 is 4.74 Å². The minimum absolute atomic E-state index is 0.0563. The first kappa shape index (κ1) is 13.4. The van der Waals surface area contributed by atoms with Gasteiger partial charge in [0.2, 0.25) is 9.84 Å². The van der Waals surface area contributed by atoms with E-state index in [0.29, 0.717) is 0 Å². The molecule has 0 amide bonds. The molecule has 1 aromatic carbocycles. The van der Waals surface area contributed by atoms with E-state index in [9.17, 15) is 22.4 Å². The lowest BCUT2D eigenvalue weighted by atomic mass is 10.2. The second kappa shape index (κ2) is 4.58. The average molecular weight is 284 g/mol. The summed E-state index contributed by atoms with van der Waals surface area (Å²) >= 11 is 0. The number of sulfone groups is 1. The standard InChI is InChI=1S/C12H9FO5S/c1-2-18-12(15)11(14)10-6-7-8(13)4-3-5-9(7)19(10,16)17/h3-6H,2H2,1H3. The summed E-state index contributed by atoms with van der Waals surface area (Å²) in [5.74, 6) is -3.34. The highest BCUT2D eigenvalue weighted by Gasteiger charge is 2.38. The number of hydrogen-bond acceptors (Lipinski definition) is 5. The highest BCUT2D eigenvalue weighted by molar-refractivity contribution is 7.97. The molecule has 0 bridgehead atoms. The Morgan fingerprint density at radius 2 is 2.00 bits per heavy atom. The number of benzene rings is 1. The number of ketones is 1. The second-order valence-corrected chi connectivity index (χ2v) is 5.60. The summed E-state index contributed by atoms with van der Waals surface area (Å²) in [6.07, 6.45) is 0.860. The maximum atomic E-state index is 13.5. The minimum atomic E-state index is -4.16. The highest BCUT2D eigenvalue weighted by Crippen LogP contribution is 2.34. The van der Waals surface area contributed by atoms with Crippen LogP contribution >= 0.6 is 0 Å². The number of fused-ring (bicyclic) bond motifs is 1. The van der Waals surface area contributed by atoms with E-state index in [0.717, 1.165) is 12.1 Å². The van der Waals surface area contributed by atoms with Crippen LogP contribution in [0.5, 0.6) is 0 Å². The largest absolute Gasteiger partial charge is 0.460 e. The van der Waals surface area contributed by atoms with Crippen LogP contribution in [-0.2, 0) is 24.2 Å². The zero-order valence-electron chi connectivity index (χ0n) is 9.84. The van der Waals surface area contributed by atoms with Crippen molar-refractivity contribution < 1.29 is 27.1 Å². The van der Waals surface area contributed by atoms with Gasteiger partial charge >= 0.3 is 5.97 Å². The van der Waals surface area contributed by atoms with Crippen molar-refractivity contribution in [2.75, 3.05) is 6.61 Å². The van der Waals surface area contributed by atoms with E-state index in [1.807, 2.05) is 0 Å². The number of carbonyl (C=O) groups is 2. The molecule has 1 aromatic rings. The highest BCUT2D eigenvalue weighted by atomic mass is 32.2. The maximum Gasteiger partial charge on any atom is 0.380 e. The van der Waals surface area contributed by atoms with Gasteiger partial charge in [0.1, 0.15) is 10.7 Å². The van der Waals surface area contributed by atoms with Crippen LogP contribution in [0.15, 0.2) is 28.0 Å². The Kier molecular flexibility index (Phi) is 3.23. The van der Waals surface area contributed by atoms with Crippen molar-refractivity contribution in [1.29, 1.82) is 0 Å². The Morgan fingerprint density at radius 1 is 1.32 bits per heavy atom. The third-order valence-electron chi connectivity index (χ3n) is 2.55. The van der Waals surface area contributed by atoms with Gasteiger partial charge in [-0.1, -0.05) is 6.07 Å². The van der Waals surface area contributed by atoms with Crippen molar-refractivity contribution in [3.8, 4) is 0 Å². The van der Waals surface area contributed by atoms with Crippen LogP contribution < -0.4 is 0 Å². The van der Waals surface area contributed by atoms with E-state index in [4.69, 9.17) is 0 Å². The summed E-state index contributed by atoms with van der Waals surface area (Å²) in [4.78, 5) is 21.9. The van der Waals surface area contributed by atoms with Crippen molar-refractivity contribution in [3.63, 3.8) is 0 Å². The molecule has 1 aliphatic heterocycles. The Hall–Kier alpha value is -2.02. The molecule has 0 radical (unpaired) electrons. The van der Waals surface area contributed by atoms with Gasteiger partial charge in [-0.3, -0.25) is 4.79 Å². The zero-order chi connectivity index (χ0) is 14.2. The van der Waals surface area contributed by atoms with Crippen LogP contribution in [0.4, 0.5) is 4.39 Å². The smallest absolute Gasteiger partial charge is 0.380 e. The molecule has 0 unspecified atom stereocenters. The summed E-state index contributed by atoms with van der Waals surface area (Å²) in [5, 5.41) is 0. The predicted molar refractivity (Wildman–Crippen MR) is 63.2 cm³/mol. The van der Waals surface area contributed by atoms with E-state index in [1.54, 1.807) is 0 Å². The first-order chi connectivity index (χ1) is 8.89. The molecule has 7 heteroatoms. The zero-order valence-corrected chi connectivity index (χ0v) is 10.7. The number of carbonyl (C=O) groups excluding carboxylic acids is 2. The molecule has 2 rings (SSSR count). The molecule has 0 saturated carbocycles. The van der Waals surface area contributed by atoms with Gasteiger partial charge in [-0.2, -0.15) is 0 Å². The molecule has 0 aromatic heterocycles. The van der Waals surface area contributed by atoms with E-state index in [2.05, 4.69) is 4.74 Å². The normalized spacial score (nSPS) is 15.6. The fourth-order valence-corrected chi connectivity index (χ4v) is 3.24. The number of Topliss-reactive ketones (excluding diaryl/α,β-unsaturated/α-hetero) is 1. The minimum Gasteiger partial charge on any atom is -0.460 e. The number of hydrogen-bond donors (Lipinski definition) is 0. The van der Waals surface area contributed by atoms with Crippen molar-refractivity contribution >= 4 is 27.7 Å². The topological polar surface area (TPSA) is 77.5 Å². The third-order valence-corrected chi connectivity index (χ3v) is 4.37. The monoisotopic (exact) mass is 284 g/mol. The molecular formula is C12H9FO5S. The third kappa shape index (κ3) is 2.06. The Balaban J connectivity index is 2.52. The predicted octanol–water partition coefficient (Wildman–Crippen LogP) is 1.09. The van der Waals surface area contributed by atoms with Crippen LogP contribution in [0, 0.1) is 5.82 Å². The van der Waals surface area contributed by atoms with E-state index >= 15 is 0 Å². The summed E-state index contributed by atoms with van der Waals surface area (Å²) in [6.45, 7) is 1.43. The van der Waals surface area contributed by atoms with Crippen molar-refractivity contribution in [2.45, 2.75) is 11.8 Å². The molecule has 0 saturated heterocycles. The lowest BCUT2D eigenvalue weighted by Gasteiger charge is -2.02. The summed E-state index contributed by atoms with van der Waals surface area (Å²) in [5.41, 5.74) is -0.213. The number of rotatable bonds is 3. The maximum absolute atomic E-state index is 13.5. The molecule has 0 fully saturated rings. The van der Waals surface area contributed by atoms with Gasteiger partial charge in [-0.15, -0.1) is 0 Å². The quantitative estimate of drug-likeness (QED) is 0.613. The van der Waals surface area contributed by atoms with Crippen LogP contribution in [-0.4, -0.2) is 26.8 Å². The first-order valence-corrected chi connectivity index (χ1v) is 6.84. The Morgan fingerprint density at radius 3 is 2.58 bits per heavy atom. The van der Waals surface area contributed by atoms with Crippen LogP contribution in [0.25, 0.3) is 6.08 Å². The molecule has 0 aliphatic carbocycles. The summed E-state index contributed by atoms with van der Waals surface area (Å²) < 4.78 is 42.0. The molecule has 1 aliphatic rings. The number of ether oxygens (including phenoxy) is 1. The van der Waals surface area contributed by atoms with E-state index in [-0.39, 0.29) is 17.1 Å². The number of halogens is 1. The van der Waals surface area contributed by atoms with Gasteiger partial charge in [0, 0.05) is 5.56 Å². The van der Waals surface area contributed by atoms with Gasteiger partial charge in [0.05, 0.1) is 11.5 Å². The van der Waals surface area contributed by atoms with E-state index in [1.165, 1.54) is 19.1 Å². The summed E-state index contributed by atoms with van der Waals surface area (Å²) in [7, 11) is -4.16. The SMILES string of the molecule is CCOC(=O)C(=O)C1=Cc2c(F)cccc2S1(=O)=O. The van der Waals surface area contributed by atoms with Gasteiger partial charge in [-0.25, -0.2) is 17.6 Å². The second-order valence-electron chi connectivity index (χ2n) is 3.71. The molecule has 5 nitrogen and oxygen atoms in total. The van der Waals surface area contributed by atoms with Crippen molar-refractivity contribution in [3.05, 3.63) is 34.5 Å². The summed E-state index contributed by atoms with van der Waals surface area (Å²) in [6, 6.07) is 3.47. The molecule has 0 atom stereocenters. The molecule has 100 valence electrons. The fraction of sp³-hybridized carbons (Fsp3) is 0.167. The Labute approximate surface area is 108 Å². The van der Waals surface area contributed by atoms with E-state index < -0.39 is 32.3 Å².